The molecule has 4 nitrogen and oxygen atoms in total. The third-order valence-electron chi connectivity index (χ3n) is 2.66. The normalized spacial score (nSPS) is 10.6. The Morgan fingerprint density at radius 2 is 2.18 bits per heavy atom. The molecule has 3 rings (SSSR count). The summed E-state index contributed by atoms with van der Waals surface area (Å²) in [5, 5.41) is 4.41. The van der Waals surface area contributed by atoms with E-state index in [1.807, 2.05) is 37.5 Å². The topological polar surface area (TPSA) is 53.6 Å². The Balaban J connectivity index is 2.00. The van der Waals surface area contributed by atoms with E-state index in [2.05, 4.69) is 20.3 Å². The molecule has 3 heterocycles. The van der Waals surface area contributed by atoms with Gasteiger partial charge in [0.15, 0.2) is 0 Å². The van der Waals surface area contributed by atoms with Gasteiger partial charge in [-0.2, -0.15) is 0 Å². The molecule has 0 unspecified atom stereocenters. The van der Waals surface area contributed by atoms with Crippen molar-refractivity contribution in [1.29, 1.82) is 0 Å². The lowest BCUT2D eigenvalue weighted by atomic mass is 10.2. The first kappa shape index (κ1) is 9.84. The molecule has 0 fully saturated rings. The average molecular weight is 224 g/mol. The molecule has 0 saturated heterocycles. The first-order valence-corrected chi connectivity index (χ1v) is 5.44. The largest absolute Gasteiger partial charge is 0.358 e. The number of aromatic nitrogens is 3. The summed E-state index contributed by atoms with van der Waals surface area (Å²) in [4.78, 5) is 11.5. The molecule has 4 heteroatoms. The molecular weight excluding hydrogens is 212 g/mol. The van der Waals surface area contributed by atoms with E-state index in [1.54, 1.807) is 12.4 Å². The quantitative estimate of drug-likeness (QED) is 0.703. The molecule has 84 valence electrons. The summed E-state index contributed by atoms with van der Waals surface area (Å²) < 4.78 is 0. The van der Waals surface area contributed by atoms with E-state index in [9.17, 15) is 0 Å². The number of pyridine rings is 2. The lowest BCUT2D eigenvalue weighted by Crippen LogP contribution is -1.92. The molecule has 17 heavy (non-hydrogen) atoms. The summed E-state index contributed by atoms with van der Waals surface area (Å²) in [6, 6.07) is 5.97. The molecule has 2 N–H and O–H groups in total. The first-order chi connectivity index (χ1) is 8.33. The van der Waals surface area contributed by atoms with Gasteiger partial charge in [0.05, 0.1) is 17.4 Å². The minimum atomic E-state index is 0.850. The van der Waals surface area contributed by atoms with Crippen molar-refractivity contribution in [1.82, 2.24) is 15.0 Å². The van der Waals surface area contributed by atoms with Crippen LogP contribution < -0.4 is 5.32 Å². The van der Waals surface area contributed by atoms with Gasteiger partial charge in [0.2, 0.25) is 0 Å². The van der Waals surface area contributed by atoms with E-state index in [0.717, 1.165) is 22.4 Å². The fourth-order valence-corrected chi connectivity index (χ4v) is 1.82. The Morgan fingerprint density at radius 1 is 1.24 bits per heavy atom. The predicted octanol–water partition coefficient (Wildman–Crippen LogP) is 3.01. The summed E-state index contributed by atoms with van der Waals surface area (Å²) in [7, 11) is 0. The number of anilines is 2. The summed E-state index contributed by atoms with van der Waals surface area (Å²) >= 11 is 0. The molecular formula is C13H12N4. The number of aryl methyl sites for hydroxylation is 1. The molecule has 0 amide bonds. The van der Waals surface area contributed by atoms with Gasteiger partial charge in [-0.3, -0.25) is 4.98 Å². The number of aromatic amines is 1. The van der Waals surface area contributed by atoms with E-state index >= 15 is 0 Å². The van der Waals surface area contributed by atoms with Crippen LogP contribution in [0.25, 0.3) is 10.9 Å². The lowest BCUT2D eigenvalue weighted by molar-refractivity contribution is 1.27. The van der Waals surface area contributed by atoms with Crippen LogP contribution in [0.15, 0.2) is 43.0 Å². The molecule has 0 aliphatic carbocycles. The van der Waals surface area contributed by atoms with Crippen LogP contribution in [0, 0.1) is 6.92 Å². The monoisotopic (exact) mass is 224 g/mol. The SMILES string of the molecule is Cc1ccnc(Nc2c[nH]c3cnccc23)c1. The van der Waals surface area contributed by atoms with Crippen LogP contribution >= 0.6 is 0 Å². The third kappa shape index (κ3) is 1.85. The number of fused-ring (bicyclic) bond motifs is 1. The van der Waals surface area contributed by atoms with Crippen LogP contribution in [0.3, 0.4) is 0 Å². The highest BCUT2D eigenvalue weighted by Crippen LogP contribution is 2.24. The first-order valence-electron chi connectivity index (χ1n) is 5.44. The van der Waals surface area contributed by atoms with Crippen LogP contribution in [-0.4, -0.2) is 15.0 Å². The van der Waals surface area contributed by atoms with Crippen molar-refractivity contribution < 1.29 is 0 Å². The Labute approximate surface area is 98.7 Å². The summed E-state index contributed by atoms with van der Waals surface area (Å²) in [6.45, 7) is 2.05. The molecule has 0 aliphatic rings. The summed E-state index contributed by atoms with van der Waals surface area (Å²) in [5.41, 5.74) is 3.21. The molecule has 3 aromatic heterocycles. The maximum absolute atomic E-state index is 4.28. The number of nitrogens with zero attached hydrogens (tertiary/aromatic N) is 2. The third-order valence-corrected chi connectivity index (χ3v) is 2.66. The second-order valence-electron chi connectivity index (χ2n) is 3.97. The van der Waals surface area contributed by atoms with Crippen LogP contribution in [0.4, 0.5) is 11.5 Å². The average Bonchev–Trinajstić information content (AvgIpc) is 2.73. The number of H-pyrrole nitrogens is 1. The van der Waals surface area contributed by atoms with Crippen molar-refractivity contribution in [3.8, 4) is 0 Å². The van der Waals surface area contributed by atoms with Gasteiger partial charge in [0.25, 0.3) is 0 Å². The molecule has 0 saturated carbocycles. The Bertz CT molecular complexity index is 657. The Kier molecular flexibility index (Phi) is 2.26. The van der Waals surface area contributed by atoms with Gasteiger partial charge in [-0.1, -0.05) is 0 Å². The lowest BCUT2D eigenvalue weighted by Gasteiger charge is -2.04. The van der Waals surface area contributed by atoms with Crippen molar-refractivity contribution in [2.24, 2.45) is 0 Å². The highest BCUT2D eigenvalue weighted by atomic mass is 15.0. The van der Waals surface area contributed by atoms with E-state index in [1.165, 1.54) is 5.56 Å². The van der Waals surface area contributed by atoms with E-state index in [0.29, 0.717) is 0 Å². The minimum absolute atomic E-state index is 0.850. The zero-order valence-corrected chi connectivity index (χ0v) is 9.44. The van der Waals surface area contributed by atoms with Gasteiger partial charge in [0, 0.05) is 24.0 Å². The maximum Gasteiger partial charge on any atom is 0.130 e. The maximum atomic E-state index is 4.28. The fraction of sp³-hybridized carbons (Fsp3) is 0.0769. The van der Waals surface area contributed by atoms with Crippen molar-refractivity contribution in [2.75, 3.05) is 5.32 Å². The second-order valence-corrected chi connectivity index (χ2v) is 3.97. The molecule has 0 aromatic carbocycles. The van der Waals surface area contributed by atoms with E-state index in [-0.39, 0.29) is 0 Å². The van der Waals surface area contributed by atoms with Gasteiger partial charge in [-0.15, -0.1) is 0 Å². The van der Waals surface area contributed by atoms with Crippen molar-refractivity contribution in [3.63, 3.8) is 0 Å². The van der Waals surface area contributed by atoms with Gasteiger partial charge < -0.3 is 10.3 Å². The standard InChI is InChI=1S/C13H12N4/c1-9-2-5-15-13(6-9)17-12-8-16-11-7-14-4-3-10(11)12/h2-8,16H,1H3,(H,15,17). The predicted molar refractivity (Wildman–Crippen MR) is 68.4 cm³/mol. The number of hydrogen-bond acceptors (Lipinski definition) is 3. The number of rotatable bonds is 2. The van der Waals surface area contributed by atoms with Gasteiger partial charge >= 0.3 is 0 Å². The summed E-state index contributed by atoms with van der Waals surface area (Å²) in [5.74, 6) is 0.850. The Hall–Kier alpha value is -2.36. The van der Waals surface area contributed by atoms with Gasteiger partial charge in [-0.25, -0.2) is 4.98 Å². The molecule has 0 spiro atoms. The minimum Gasteiger partial charge on any atom is -0.358 e. The van der Waals surface area contributed by atoms with Crippen LogP contribution in [0.1, 0.15) is 5.56 Å². The highest BCUT2D eigenvalue weighted by Gasteiger charge is 2.03. The molecule has 0 aliphatic heterocycles. The van der Waals surface area contributed by atoms with Gasteiger partial charge in [-0.05, 0) is 30.7 Å². The van der Waals surface area contributed by atoms with Crippen molar-refractivity contribution in [3.05, 3.63) is 48.5 Å². The zero-order valence-electron chi connectivity index (χ0n) is 9.44. The Morgan fingerprint density at radius 3 is 3.06 bits per heavy atom. The van der Waals surface area contributed by atoms with Crippen LogP contribution in [0.5, 0.6) is 0 Å². The van der Waals surface area contributed by atoms with Crippen LogP contribution in [-0.2, 0) is 0 Å². The number of hydrogen-bond donors (Lipinski definition) is 2. The zero-order chi connectivity index (χ0) is 11.7. The molecule has 0 atom stereocenters. The van der Waals surface area contributed by atoms with Crippen LogP contribution in [0.2, 0.25) is 0 Å². The second kappa shape index (κ2) is 3.90. The highest BCUT2D eigenvalue weighted by molar-refractivity contribution is 5.93. The van der Waals surface area contributed by atoms with Crippen molar-refractivity contribution in [2.45, 2.75) is 6.92 Å². The molecule has 0 radical (unpaired) electrons. The van der Waals surface area contributed by atoms with Crippen molar-refractivity contribution >= 4 is 22.4 Å². The molecule has 0 bridgehead atoms. The smallest absolute Gasteiger partial charge is 0.130 e. The van der Waals surface area contributed by atoms with Gasteiger partial charge in [0.1, 0.15) is 5.82 Å². The fourth-order valence-electron chi connectivity index (χ4n) is 1.82. The van der Waals surface area contributed by atoms with E-state index in [4.69, 9.17) is 0 Å². The van der Waals surface area contributed by atoms with E-state index < -0.39 is 0 Å². The summed E-state index contributed by atoms with van der Waals surface area (Å²) in [6.07, 6.45) is 7.32. The number of nitrogens with one attached hydrogen (secondary N) is 2. The molecule has 3 aromatic rings.